The molecule has 1 fully saturated rings. The molecule has 0 bridgehead atoms. The zero-order valence-electron chi connectivity index (χ0n) is 27.8. The number of fused-ring (bicyclic) bond motifs is 1. The molecule has 10 nitrogen and oxygen atoms in total. The van der Waals surface area contributed by atoms with Crippen LogP contribution in [0.2, 0.25) is 0 Å². The second-order valence-corrected chi connectivity index (χ2v) is 12.8. The minimum absolute atomic E-state index is 0.0703. The van der Waals surface area contributed by atoms with E-state index in [-0.39, 0.29) is 70.3 Å². The number of rotatable bonds is 12. The Balaban J connectivity index is 1.43. The van der Waals surface area contributed by atoms with Crippen molar-refractivity contribution in [3.8, 4) is 28.6 Å². The Bertz CT molecular complexity index is 1980. The predicted molar refractivity (Wildman–Crippen MR) is 175 cm³/mol. The normalized spacial score (nSPS) is 15.4. The minimum Gasteiger partial charge on any atom is -0.383 e. The van der Waals surface area contributed by atoms with Crippen LogP contribution in [-0.4, -0.2) is 51.5 Å². The Hall–Kier alpha value is -5.01. The van der Waals surface area contributed by atoms with Gasteiger partial charge >= 0.3 is 12.4 Å². The van der Waals surface area contributed by atoms with Crippen molar-refractivity contribution in [2.75, 3.05) is 30.5 Å². The van der Waals surface area contributed by atoms with Crippen LogP contribution in [-0.2, 0) is 37.2 Å². The number of nitrogens with one attached hydrogen (secondary N) is 2. The molecule has 2 aromatic carbocycles. The maximum absolute atomic E-state index is 14.5. The van der Waals surface area contributed by atoms with Crippen molar-refractivity contribution in [1.29, 1.82) is 5.26 Å². The van der Waals surface area contributed by atoms with Crippen LogP contribution in [0.15, 0.2) is 48.8 Å². The van der Waals surface area contributed by atoms with E-state index >= 15 is 0 Å². The molecule has 0 unspecified atom stereocenters. The lowest BCUT2D eigenvalue weighted by molar-refractivity contribution is -0.138. The topological polar surface area (TPSA) is 121 Å². The number of aromatic nitrogens is 4. The highest BCUT2D eigenvalue weighted by molar-refractivity contribution is 6.10. The van der Waals surface area contributed by atoms with Crippen molar-refractivity contribution in [3.63, 3.8) is 0 Å². The number of pyridine rings is 1. The van der Waals surface area contributed by atoms with Crippen molar-refractivity contribution in [2.24, 2.45) is 7.05 Å². The average Bonchev–Trinajstić information content (AvgIpc) is 3.65. The number of methoxy groups -OCH3 is 1. The van der Waals surface area contributed by atoms with Gasteiger partial charge in [-0.3, -0.25) is 9.69 Å². The Morgan fingerprint density at radius 3 is 2.43 bits per heavy atom. The summed E-state index contributed by atoms with van der Waals surface area (Å²) in [5.41, 5.74) is -1.75. The number of hydrogen-bond donors (Lipinski definition) is 2. The Labute approximate surface area is 289 Å². The third kappa shape index (κ3) is 7.40. The van der Waals surface area contributed by atoms with Crippen molar-refractivity contribution < 1.29 is 35.9 Å². The SMILES string of the molecule is COCC1(NCc2cc3c(c(C(F)(F)F)c2)CN(c2cc(-c4cc(C(F)(F)F)ccc4-c4nncn4C)cc(NCCCC#N)n2)C3=O)CCC1. The lowest BCUT2D eigenvalue weighted by Crippen LogP contribution is -2.53. The van der Waals surface area contributed by atoms with E-state index in [0.717, 1.165) is 42.4 Å². The van der Waals surface area contributed by atoms with E-state index in [4.69, 9.17) is 10.00 Å². The monoisotopic (exact) mass is 712 g/mol. The van der Waals surface area contributed by atoms with E-state index in [2.05, 4.69) is 25.8 Å². The molecule has 0 radical (unpaired) electrons. The van der Waals surface area contributed by atoms with Gasteiger partial charge in [0.05, 0.1) is 30.3 Å². The number of aryl methyl sites for hydroxylation is 1. The van der Waals surface area contributed by atoms with Crippen LogP contribution >= 0.6 is 0 Å². The maximum Gasteiger partial charge on any atom is 0.416 e. The highest BCUT2D eigenvalue weighted by Gasteiger charge is 2.42. The summed E-state index contributed by atoms with van der Waals surface area (Å²) in [7, 11) is 3.19. The van der Waals surface area contributed by atoms with E-state index in [1.165, 1.54) is 35.2 Å². The molecule has 2 N–H and O–H groups in total. The number of hydrogen-bond acceptors (Lipinski definition) is 8. The molecule has 0 saturated heterocycles. The fraction of sp³-hybridized carbons (Fsp3) is 0.400. The predicted octanol–water partition coefficient (Wildman–Crippen LogP) is 7.12. The number of carbonyl (C=O) groups is 1. The molecule has 6 rings (SSSR count). The number of unbranched alkanes of at least 4 members (excludes halogenated alkanes) is 1. The number of alkyl halides is 6. The molecule has 4 aromatic rings. The average molecular weight is 713 g/mol. The van der Waals surface area contributed by atoms with Crippen LogP contribution in [0.5, 0.6) is 0 Å². The molecule has 3 heterocycles. The Morgan fingerprint density at radius 2 is 1.80 bits per heavy atom. The molecule has 16 heteroatoms. The smallest absolute Gasteiger partial charge is 0.383 e. The summed E-state index contributed by atoms with van der Waals surface area (Å²) >= 11 is 0. The summed E-state index contributed by atoms with van der Waals surface area (Å²) < 4.78 is 92.4. The zero-order valence-corrected chi connectivity index (χ0v) is 27.8. The van der Waals surface area contributed by atoms with Crippen molar-refractivity contribution in [1.82, 2.24) is 25.1 Å². The summed E-state index contributed by atoms with van der Waals surface area (Å²) in [4.78, 5) is 19.6. The first kappa shape index (κ1) is 35.8. The lowest BCUT2D eigenvalue weighted by atomic mass is 9.77. The van der Waals surface area contributed by atoms with E-state index < -0.39 is 35.9 Å². The van der Waals surface area contributed by atoms with E-state index in [1.54, 1.807) is 14.2 Å². The number of nitriles is 1. The second kappa shape index (κ2) is 14.0. The van der Waals surface area contributed by atoms with Crippen LogP contribution in [0.1, 0.15) is 64.7 Å². The third-order valence-electron chi connectivity index (χ3n) is 9.28. The van der Waals surface area contributed by atoms with Gasteiger partial charge in [-0.25, -0.2) is 4.98 Å². The molecular weight excluding hydrogens is 678 g/mol. The molecule has 0 atom stereocenters. The maximum atomic E-state index is 14.5. The van der Waals surface area contributed by atoms with Gasteiger partial charge in [-0.1, -0.05) is 0 Å². The zero-order chi connectivity index (χ0) is 36.6. The van der Waals surface area contributed by atoms with Crippen LogP contribution in [0.4, 0.5) is 38.0 Å². The number of ether oxygens (including phenoxy) is 1. The summed E-state index contributed by atoms with van der Waals surface area (Å²) in [6.45, 7) is 0.274. The molecule has 2 aromatic heterocycles. The lowest BCUT2D eigenvalue weighted by Gasteiger charge is -2.42. The van der Waals surface area contributed by atoms with Crippen LogP contribution in [0, 0.1) is 11.3 Å². The quantitative estimate of drug-likeness (QED) is 0.118. The first-order valence-electron chi connectivity index (χ1n) is 16.2. The second-order valence-electron chi connectivity index (χ2n) is 12.8. The molecule has 268 valence electrons. The molecular formula is C35H34F6N8O2. The number of halogens is 6. The van der Waals surface area contributed by atoms with Gasteiger partial charge in [0, 0.05) is 50.3 Å². The van der Waals surface area contributed by atoms with Crippen LogP contribution < -0.4 is 15.5 Å². The van der Waals surface area contributed by atoms with Gasteiger partial charge < -0.3 is 19.9 Å². The standard InChI is InChI=1S/C35H34F6N8O2/c1-48-20-45-47-31(48)24-7-6-23(34(36,37)38)16-25(24)22-14-29(43-11-4-3-10-42)46-30(15-22)49-18-27-26(32(49)50)12-21(13-28(27)35(39,40)41)17-44-33(19-51-2)8-5-9-33/h6-7,12-16,20,44H,3-5,8-9,11,17-19H2,1-2H3,(H,43,46). The van der Waals surface area contributed by atoms with Gasteiger partial charge in [0.25, 0.3) is 5.91 Å². The largest absolute Gasteiger partial charge is 0.416 e. The number of anilines is 2. The summed E-state index contributed by atoms with van der Waals surface area (Å²) in [5, 5.41) is 23.3. The van der Waals surface area contributed by atoms with Gasteiger partial charge in [0.1, 0.15) is 18.0 Å². The molecule has 1 amide bonds. The minimum atomic E-state index is -4.77. The number of carbonyl (C=O) groups excluding carboxylic acids is 1. The van der Waals surface area contributed by atoms with Crippen molar-refractivity contribution >= 4 is 17.5 Å². The molecule has 51 heavy (non-hydrogen) atoms. The molecule has 0 spiro atoms. The van der Waals surface area contributed by atoms with E-state index in [0.29, 0.717) is 18.6 Å². The van der Waals surface area contributed by atoms with Gasteiger partial charge in [0.2, 0.25) is 0 Å². The summed E-state index contributed by atoms with van der Waals surface area (Å²) in [6, 6.07) is 10.5. The summed E-state index contributed by atoms with van der Waals surface area (Å²) in [5.74, 6) is -0.393. The molecule has 2 aliphatic rings. The van der Waals surface area contributed by atoms with E-state index in [1.807, 2.05) is 6.07 Å². The number of benzene rings is 2. The van der Waals surface area contributed by atoms with Crippen LogP contribution in [0.25, 0.3) is 22.5 Å². The highest BCUT2D eigenvalue weighted by atomic mass is 19.4. The molecule has 1 aliphatic heterocycles. The van der Waals surface area contributed by atoms with Crippen molar-refractivity contribution in [2.45, 2.75) is 63.1 Å². The van der Waals surface area contributed by atoms with Crippen molar-refractivity contribution in [3.05, 3.63) is 76.6 Å². The molecule has 1 aliphatic carbocycles. The first-order valence-corrected chi connectivity index (χ1v) is 16.2. The van der Waals surface area contributed by atoms with Gasteiger partial charge in [0.15, 0.2) is 5.82 Å². The van der Waals surface area contributed by atoms with Crippen LogP contribution in [0.3, 0.4) is 0 Å². The third-order valence-corrected chi connectivity index (χ3v) is 9.28. The first-order chi connectivity index (χ1) is 24.2. The van der Waals surface area contributed by atoms with Gasteiger partial charge in [-0.2, -0.15) is 31.6 Å². The molecule has 1 saturated carbocycles. The van der Waals surface area contributed by atoms with Gasteiger partial charge in [-0.05, 0) is 90.4 Å². The fourth-order valence-electron chi connectivity index (χ4n) is 6.52. The summed E-state index contributed by atoms with van der Waals surface area (Å²) in [6.07, 6.45) is -4.87. The van der Waals surface area contributed by atoms with E-state index in [9.17, 15) is 31.1 Å². The van der Waals surface area contributed by atoms with Gasteiger partial charge in [-0.15, -0.1) is 10.2 Å². The Kier molecular flexibility index (Phi) is 9.80. The highest BCUT2D eigenvalue weighted by Crippen LogP contribution is 2.42. The fourth-order valence-corrected chi connectivity index (χ4v) is 6.52. The number of amides is 1. The Morgan fingerprint density at radius 1 is 1.02 bits per heavy atom. The number of nitrogens with zero attached hydrogens (tertiary/aromatic N) is 6.